The standard InChI is InChI=1S/C16H20N2O2S/c1-4-16(3,15-17-9-10-21-15)18-14(19)11-20-13-7-5-12(2)6-8-13/h5-10H,4,11H2,1-3H3,(H,18,19). The van der Waals surface area contributed by atoms with Crippen molar-refractivity contribution in [2.75, 3.05) is 6.61 Å². The van der Waals surface area contributed by atoms with Crippen LogP contribution in [0, 0.1) is 6.92 Å². The van der Waals surface area contributed by atoms with E-state index in [9.17, 15) is 4.79 Å². The van der Waals surface area contributed by atoms with Crippen molar-refractivity contribution in [2.45, 2.75) is 32.7 Å². The molecule has 0 fully saturated rings. The van der Waals surface area contributed by atoms with Gasteiger partial charge in [-0.3, -0.25) is 4.79 Å². The third kappa shape index (κ3) is 4.04. The molecule has 2 rings (SSSR count). The molecule has 0 aliphatic heterocycles. The van der Waals surface area contributed by atoms with E-state index >= 15 is 0 Å². The SMILES string of the molecule is CCC(C)(NC(=O)COc1ccc(C)cc1)c1nccs1. The number of carbonyl (C=O) groups is 1. The Balaban J connectivity index is 1.93. The molecule has 5 heteroatoms. The van der Waals surface area contributed by atoms with Gasteiger partial charge in [-0.05, 0) is 32.4 Å². The zero-order valence-corrected chi connectivity index (χ0v) is 13.4. The summed E-state index contributed by atoms with van der Waals surface area (Å²) in [7, 11) is 0. The molecular weight excluding hydrogens is 284 g/mol. The highest BCUT2D eigenvalue weighted by atomic mass is 32.1. The van der Waals surface area contributed by atoms with Gasteiger partial charge in [0.1, 0.15) is 10.8 Å². The lowest BCUT2D eigenvalue weighted by Crippen LogP contribution is -2.45. The van der Waals surface area contributed by atoms with E-state index in [2.05, 4.69) is 10.3 Å². The second-order valence-corrected chi connectivity index (χ2v) is 6.07. The van der Waals surface area contributed by atoms with Crippen LogP contribution in [-0.2, 0) is 10.3 Å². The lowest BCUT2D eigenvalue weighted by atomic mass is 10.00. The molecular formula is C16H20N2O2S. The summed E-state index contributed by atoms with van der Waals surface area (Å²) in [6, 6.07) is 7.64. The Labute approximate surface area is 129 Å². The number of nitrogens with zero attached hydrogens (tertiary/aromatic N) is 1. The first kappa shape index (κ1) is 15.5. The number of amides is 1. The minimum Gasteiger partial charge on any atom is -0.484 e. The number of rotatable bonds is 6. The number of ether oxygens (including phenoxy) is 1. The zero-order chi connectivity index (χ0) is 15.3. The Bertz CT molecular complexity index is 581. The van der Waals surface area contributed by atoms with Crippen LogP contribution in [0.4, 0.5) is 0 Å². The molecule has 1 atom stereocenters. The van der Waals surface area contributed by atoms with Crippen LogP contribution in [0.15, 0.2) is 35.8 Å². The number of hydrogen-bond acceptors (Lipinski definition) is 4. The summed E-state index contributed by atoms with van der Waals surface area (Å²) in [4.78, 5) is 16.4. The summed E-state index contributed by atoms with van der Waals surface area (Å²) in [6.07, 6.45) is 2.53. The van der Waals surface area contributed by atoms with Crippen LogP contribution in [0.2, 0.25) is 0 Å². The van der Waals surface area contributed by atoms with Crippen molar-refractivity contribution < 1.29 is 9.53 Å². The fourth-order valence-corrected chi connectivity index (χ4v) is 2.74. The minimum absolute atomic E-state index is 0.00399. The van der Waals surface area contributed by atoms with Gasteiger partial charge in [-0.2, -0.15) is 0 Å². The molecule has 0 radical (unpaired) electrons. The van der Waals surface area contributed by atoms with Gasteiger partial charge in [0.05, 0.1) is 5.54 Å². The molecule has 0 aliphatic carbocycles. The number of hydrogen-bond donors (Lipinski definition) is 1. The number of aryl methyl sites for hydroxylation is 1. The second-order valence-electron chi connectivity index (χ2n) is 5.17. The number of carbonyl (C=O) groups excluding carboxylic acids is 1. The molecule has 0 aliphatic rings. The zero-order valence-electron chi connectivity index (χ0n) is 12.6. The van der Waals surface area contributed by atoms with Crippen LogP contribution in [0.1, 0.15) is 30.8 Å². The molecule has 21 heavy (non-hydrogen) atoms. The lowest BCUT2D eigenvalue weighted by molar-refractivity contribution is -0.125. The lowest BCUT2D eigenvalue weighted by Gasteiger charge is -2.27. The van der Waals surface area contributed by atoms with Gasteiger partial charge in [0, 0.05) is 11.6 Å². The van der Waals surface area contributed by atoms with Crippen LogP contribution in [-0.4, -0.2) is 17.5 Å². The van der Waals surface area contributed by atoms with E-state index in [0.29, 0.717) is 5.75 Å². The number of thiazole rings is 1. The number of aromatic nitrogens is 1. The van der Waals surface area contributed by atoms with E-state index in [0.717, 1.165) is 17.0 Å². The highest BCUT2D eigenvalue weighted by molar-refractivity contribution is 7.09. The van der Waals surface area contributed by atoms with Gasteiger partial charge < -0.3 is 10.1 Å². The Morgan fingerprint density at radius 2 is 2.10 bits per heavy atom. The Hall–Kier alpha value is -1.88. The van der Waals surface area contributed by atoms with Crippen molar-refractivity contribution in [1.82, 2.24) is 10.3 Å². The predicted octanol–water partition coefficient (Wildman–Crippen LogP) is 3.27. The maximum atomic E-state index is 12.1. The molecule has 1 unspecified atom stereocenters. The molecule has 0 saturated carbocycles. The Morgan fingerprint density at radius 3 is 2.67 bits per heavy atom. The van der Waals surface area contributed by atoms with Gasteiger partial charge in [0.25, 0.3) is 5.91 Å². The van der Waals surface area contributed by atoms with E-state index in [4.69, 9.17) is 4.74 Å². The van der Waals surface area contributed by atoms with Crippen LogP contribution in [0.5, 0.6) is 5.75 Å². The van der Waals surface area contributed by atoms with Gasteiger partial charge in [0.2, 0.25) is 0 Å². The molecule has 1 heterocycles. The molecule has 0 saturated heterocycles. The second kappa shape index (κ2) is 6.72. The van der Waals surface area contributed by atoms with Crippen molar-refractivity contribution in [2.24, 2.45) is 0 Å². The van der Waals surface area contributed by atoms with E-state index in [1.54, 1.807) is 17.5 Å². The number of benzene rings is 1. The molecule has 4 nitrogen and oxygen atoms in total. The molecule has 0 bridgehead atoms. The number of nitrogens with one attached hydrogen (secondary N) is 1. The molecule has 0 spiro atoms. The van der Waals surface area contributed by atoms with Crippen molar-refractivity contribution >= 4 is 17.2 Å². The first-order valence-corrected chi connectivity index (χ1v) is 7.82. The van der Waals surface area contributed by atoms with E-state index < -0.39 is 5.54 Å². The minimum atomic E-state index is -0.443. The van der Waals surface area contributed by atoms with Gasteiger partial charge in [-0.15, -0.1) is 11.3 Å². The quantitative estimate of drug-likeness (QED) is 0.891. The van der Waals surface area contributed by atoms with Crippen molar-refractivity contribution in [3.63, 3.8) is 0 Å². The molecule has 2 aromatic rings. The van der Waals surface area contributed by atoms with Gasteiger partial charge >= 0.3 is 0 Å². The highest BCUT2D eigenvalue weighted by Crippen LogP contribution is 2.26. The summed E-state index contributed by atoms with van der Waals surface area (Å²) in [5, 5.41) is 5.84. The van der Waals surface area contributed by atoms with Gasteiger partial charge in [0.15, 0.2) is 6.61 Å². The molecule has 1 N–H and O–H groups in total. The molecule has 1 aromatic heterocycles. The third-order valence-electron chi connectivity index (χ3n) is 3.42. The first-order chi connectivity index (χ1) is 10.0. The van der Waals surface area contributed by atoms with E-state index in [-0.39, 0.29) is 12.5 Å². The smallest absolute Gasteiger partial charge is 0.258 e. The van der Waals surface area contributed by atoms with Gasteiger partial charge in [-0.1, -0.05) is 24.6 Å². The van der Waals surface area contributed by atoms with Crippen LogP contribution < -0.4 is 10.1 Å². The fraction of sp³-hybridized carbons (Fsp3) is 0.375. The first-order valence-electron chi connectivity index (χ1n) is 6.94. The molecule has 112 valence electrons. The third-order valence-corrected chi connectivity index (χ3v) is 4.45. The Kier molecular flexibility index (Phi) is 4.96. The summed E-state index contributed by atoms with van der Waals surface area (Å²) in [5.74, 6) is 0.554. The van der Waals surface area contributed by atoms with Crippen LogP contribution in [0.3, 0.4) is 0 Å². The summed E-state index contributed by atoms with van der Waals surface area (Å²) < 4.78 is 5.50. The van der Waals surface area contributed by atoms with Crippen molar-refractivity contribution in [1.29, 1.82) is 0 Å². The van der Waals surface area contributed by atoms with E-state index in [1.807, 2.05) is 50.4 Å². The average Bonchev–Trinajstić information content (AvgIpc) is 3.01. The summed E-state index contributed by atoms with van der Waals surface area (Å²) in [5.41, 5.74) is 0.719. The Morgan fingerprint density at radius 1 is 1.38 bits per heavy atom. The van der Waals surface area contributed by atoms with Gasteiger partial charge in [-0.25, -0.2) is 4.98 Å². The molecule has 1 aromatic carbocycles. The maximum Gasteiger partial charge on any atom is 0.258 e. The average molecular weight is 304 g/mol. The highest BCUT2D eigenvalue weighted by Gasteiger charge is 2.29. The largest absolute Gasteiger partial charge is 0.484 e. The molecule has 1 amide bonds. The van der Waals surface area contributed by atoms with Crippen molar-refractivity contribution in [3.8, 4) is 5.75 Å². The normalized spacial score (nSPS) is 13.5. The fourth-order valence-electron chi connectivity index (χ4n) is 1.92. The van der Waals surface area contributed by atoms with E-state index in [1.165, 1.54) is 0 Å². The summed E-state index contributed by atoms with van der Waals surface area (Å²) in [6.45, 7) is 6.03. The van der Waals surface area contributed by atoms with Crippen molar-refractivity contribution in [3.05, 3.63) is 46.4 Å². The maximum absolute atomic E-state index is 12.1. The monoisotopic (exact) mass is 304 g/mol. The predicted molar refractivity (Wildman–Crippen MR) is 84.6 cm³/mol. The topological polar surface area (TPSA) is 51.2 Å². The van der Waals surface area contributed by atoms with Crippen LogP contribution in [0.25, 0.3) is 0 Å². The summed E-state index contributed by atoms with van der Waals surface area (Å²) >= 11 is 1.55. The van der Waals surface area contributed by atoms with Crippen LogP contribution >= 0.6 is 11.3 Å².